The van der Waals surface area contributed by atoms with E-state index in [1.807, 2.05) is 46.8 Å². The van der Waals surface area contributed by atoms with Gasteiger partial charge in [0.15, 0.2) is 0 Å². The summed E-state index contributed by atoms with van der Waals surface area (Å²) >= 11 is 0. The summed E-state index contributed by atoms with van der Waals surface area (Å²) in [6.07, 6.45) is 0. The summed E-state index contributed by atoms with van der Waals surface area (Å²) in [5.74, 6) is 1.45. The molecule has 7 nitrogen and oxygen atoms in total. The largest absolute Gasteiger partial charge is 0.354 e. The minimum Gasteiger partial charge on any atom is -0.354 e. The zero-order chi connectivity index (χ0) is 20.5. The van der Waals surface area contributed by atoms with Crippen molar-refractivity contribution in [1.82, 2.24) is 14.3 Å². The lowest BCUT2D eigenvalue weighted by atomic mass is 10.1. The molecule has 1 fully saturated rings. The van der Waals surface area contributed by atoms with E-state index in [0.29, 0.717) is 37.0 Å². The molecular weight excluding hydrogens is 374 g/mol. The van der Waals surface area contributed by atoms with Crippen molar-refractivity contribution in [2.24, 2.45) is 0 Å². The number of piperazine rings is 1. The Hall–Kier alpha value is -2.19. The standard InChI is InChI=1S/C20H29N5O2S/c1-6-21-20-22-17(5)13-19(23-20)24-7-9-25(10-8-24)28(26,27)18-12-15(3)14(2)11-16(18)4/h11-13H,6-10H2,1-5H3,(H,21,22,23). The topological polar surface area (TPSA) is 78.4 Å². The quantitative estimate of drug-likeness (QED) is 0.827. The SMILES string of the molecule is CCNc1nc(C)cc(N2CCN(S(=O)(=O)c3cc(C)c(C)cc3C)CC2)n1. The first-order valence-corrected chi connectivity index (χ1v) is 11.1. The molecule has 8 heteroatoms. The first-order chi connectivity index (χ1) is 13.2. The van der Waals surface area contributed by atoms with Crippen molar-refractivity contribution < 1.29 is 8.42 Å². The third-order valence-electron chi connectivity index (χ3n) is 5.15. The summed E-state index contributed by atoms with van der Waals surface area (Å²) in [5, 5.41) is 3.14. The number of hydrogen-bond acceptors (Lipinski definition) is 6. The first kappa shape index (κ1) is 20.5. The maximum Gasteiger partial charge on any atom is 0.243 e. The fourth-order valence-electron chi connectivity index (χ4n) is 3.46. The monoisotopic (exact) mass is 403 g/mol. The molecule has 0 radical (unpaired) electrons. The molecule has 152 valence electrons. The van der Waals surface area contributed by atoms with E-state index in [1.54, 1.807) is 10.4 Å². The third kappa shape index (κ3) is 4.12. The molecule has 0 atom stereocenters. The highest BCUT2D eigenvalue weighted by Crippen LogP contribution is 2.25. The van der Waals surface area contributed by atoms with E-state index in [9.17, 15) is 8.42 Å². The van der Waals surface area contributed by atoms with Gasteiger partial charge in [-0.25, -0.2) is 13.4 Å². The summed E-state index contributed by atoms with van der Waals surface area (Å²) in [6, 6.07) is 5.69. The smallest absolute Gasteiger partial charge is 0.243 e. The molecule has 1 aliphatic heterocycles. The Morgan fingerprint density at radius 1 is 0.929 bits per heavy atom. The van der Waals surface area contributed by atoms with Crippen molar-refractivity contribution in [2.75, 3.05) is 42.9 Å². The fourth-order valence-corrected chi connectivity index (χ4v) is 5.17. The average molecular weight is 404 g/mol. The van der Waals surface area contributed by atoms with Crippen LogP contribution in [-0.2, 0) is 10.0 Å². The number of anilines is 2. The second kappa shape index (κ2) is 8.05. The molecule has 1 saturated heterocycles. The number of nitrogens with one attached hydrogen (secondary N) is 1. The second-order valence-corrected chi connectivity index (χ2v) is 9.22. The van der Waals surface area contributed by atoms with Crippen LogP contribution in [0.4, 0.5) is 11.8 Å². The van der Waals surface area contributed by atoms with Crippen LogP contribution >= 0.6 is 0 Å². The Bertz CT molecular complexity index is 967. The molecule has 0 saturated carbocycles. The van der Waals surface area contributed by atoms with Gasteiger partial charge < -0.3 is 10.2 Å². The van der Waals surface area contributed by atoms with E-state index in [4.69, 9.17) is 0 Å². The number of benzene rings is 1. The first-order valence-electron chi connectivity index (χ1n) is 9.65. The molecule has 1 aromatic carbocycles. The minimum atomic E-state index is -3.50. The van der Waals surface area contributed by atoms with E-state index in [2.05, 4.69) is 20.2 Å². The van der Waals surface area contributed by atoms with Crippen LogP contribution in [0, 0.1) is 27.7 Å². The van der Waals surface area contributed by atoms with Crippen molar-refractivity contribution >= 4 is 21.8 Å². The highest BCUT2D eigenvalue weighted by molar-refractivity contribution is 7.89. The van der Waals surface area contributed by atoms with Gasteiger partial charge in [-0.15, -0.1) is 0 Å². The Kier molecular flexibility index (Phi) is 5.90. The van der Waals surface area contributed by atoms with E-state index >= 15 is 0 Å². The van der Waals surface area contributed by atoms with Gasteiger partial charge in [0.25, 0.3) is 0 Å². The van der Waals surface area contributed by atoms with Crippen LogP contribution in [0.1, 0.15) is 29.3 Å². The van der Waals surface area contributed by atoms with Crippen molar-refractivity contribution in [1.29, 1.82) is 0 Å². The summed E-state index contributed by atoms with van der Waals surface area (Å²) < 4.78 is 27.9. The molecule has 0 spiro atoms. The molecule has 0 unspecified atom stereocenters. The van der Waals surface area contributed by atoms with E-state index in [-0.39, 0.29) is 0 Å². The van der Waals surface area contributed by atoms with Crippen LogP contribution in [0.3, 0.4) is 0 Å². The minimum absolute atomic E-state index is 0.413. The molecule has 1 aromatic heterocycles. The molecule has 28 heavy (non-hydrogen) atoms. The van der Waals surface area contributed by atoms with Gasteiger partial charge in [0, 0.05) is 44.5 Å². The van der Waals surface area contributed by atoms with Crippen LogP contribution in [0.5, 0.6) is 0 Å². The zero-order valence-electron chi connectivity index (χ0n) is 17.3. The van der Waals surface area contributed by atoms with Gasteiger partial charge in [-0.1, -0.05) is 6.07 Å². The molecule has 0 bridgehead atoms. The normalized spacial score (nSPS) is 15.7. The molecule has 2 heterocycles. The maximum absolute atomic E-state index is 13.2. The highest BCUT2D eigenvalue weighted by Gasteiger charge is 2.30. The summed E-state index contributed by atoms with van der Waals surface area (Å²) in [4.78, 5) is 11.5. The second-order valence-electron chi connectivity index (χ2n) is 7.31. The molecule has 0 aliphatic carbocycles. The summed E-state index contributed by atoms with van der Waals surface area (Å²) in [5.41, 5.74) is 3.79. The predicted molar refractivity (Wildman–Crippen MR) is 113 cm³/mol. The van der Waals surface area contributed by atoms with Gasteiger partial charge in [0.1, 0.15) is 5.82 Å². The van der Waals surface area contributed by atoms with Crippen molar-refractivity contribution in [3.8, 4) is 0 Å². The van der Waals surface area contributed by atoms with Gasteiger partial charge in [0.2, 0.25) is 16.0 Å². The van der Waals surface area contributed by atoms with Crippen LogP contribution in [0.15, 0.2) is 23.1 Å². The van der Waals surface area contributed by atoms with Crippen molar-refractivity contribution in [3.63, 3.8) is 0 Å². The third-order valence-corrected chi connectivity index (χ3v) is 7.19. The summed E-state index contributed by atoms with van der Waals surface area (Å²) in [6.45, 7) is 12.6. The van der Waals surface area contributed by atoms with E-state index in [0.717, 1.165) is 34.7 Å². The van der Waals surface area contributed by atoms with Gasteiger partial charge in [0.05, 0.1) is 4.90 Å². The van der Waals surface area contributed by atoms with Crippen LogP contribution in [0.2, 0.25) is 0 Å². The predicted octanol–water partition coefficient (Wildman–Crippen LogP) is 2.65. The van der Waals surface area contributed by atoms with Crippen LogP contribution in [0.25, 0.3) is 0 Å². The Labute approximate surface area is 167 Å². The van der Waals surface area contributed by atoms with Gasteiger partial charge in [-0.3, -0.25) is 0 Å². The lowest BCUT2D eigenvalue weighted by Gasteiger charge is -2.35. The van der Waals surface area contributed by atoms with Crippen LogP contribution < -0.4 is 10.2 Å². The Morgan fingerprint density at radius 2 is 1.57 bits per heavy atom. The number of nitrogens with zero attached hydrogens (tertiary/aromatic N) is 4. The summed E-state index contributed by atoms with van der Waals surface area (Å²) in [7, 11) is -3.50. The maximum atomic E-state index is 13.2. The van der Waals surface area contributed by atoms with Gasteiger partial charge >= 0.3 is 0 Å². The molecule has 1 aliphatic rings. The fraction of sp³-hybridized carbons (Fsp3) is 0.500. The Balaban J connectivity index is 1.77. The molecule has 1 N–H and O–H groups in total. The van der Waals surface area contributed by atoms with Gasteiger partial charge in [-0.2, -0.15) is 9.29 Å². The number of sulfonamides is 1. The number of rotatable bonds is 5. The number of hydrogen-bond donors (Lipinski definition) is 1. The van der Waals surface area contributed by atoms with Crippen LogP contribution in [-0.4, -0.2) is 55.4 Å². The molecule has 3 rings (SSSR count). The molecule has 2 aromatic rings. The van der Waals surface area contributed by atoms with E-state index in [1.165, 1.54) is 0 Å². The van der Waals surface area contributed by atoms with Gasteiger partial charge in [-0.05, 0) is 57.4 Å². The molecular formula is C20H29N5O2S. The lowest BCUT2D eigenvalue weighted by molar-refractivity contribution is 0.383. The highest BCUT2D eigenvalue weighted by atomic mass is 32.2. The van der Waals surface area contributed by atoms with E-state index < -0.39 is 10.0 Å². The lowest BCUT2D eigenvalue weighted by Crippen LogP contribution is -2.49. The Morgan fingerprint density at radius 3 is 2.21 bits per heavy atom. The molecule has 0 amide bonds. The average Bonchev–Trinajstić information content (AvgIpc) is 2.64. The zero-order valence-corrected chi connectivity index (χ0v) is 18.1. The number of aromatic nitrogens is 2. The van der Waals surface area contributed by atoms with Crippen molar-refractivity contribution in [2.45, 2.75) is 39.5 Å². The van der Waals surface area contributed by atoms with Crippen molar-refractivity contribution in [3.05, 3.63) is 40.6 Å². The number of aryl methyl sites for hydroxylation is 4.